The third-order valence-electron chi connectivity index (χ3n) is 5.89. The second-order valence-corrected chi connectivity index (χ2v) is 11.1. The number of amides is 1. The molecule has 1 saturated carbocycles. The molecular formula is C25H39N8O2S+3. The van der Waals surface area contributed by atoms with E-state index >= 15 is 0 Å². The number of anilines is 1. The van der Waals surface area contributed by atoms with Gasteiger partial charge in [-0.25, -0.2) is 5.32 Å². The van der Waals surface area contributed by atoms with Crippen molar-refractivity contribution in [1.82, 2.24) is 15.3 Å². The summed E-state index contributed by atoms with van der Waals surface area (Å²) in [5, 5.41) is 21.9. The second kappa shape index (κ2) is 12.4. The fraction of sp³-hybridized carbons (Fsp3) is 0.480. The highest BCUT2D eigenvalue weighted by Crippen LogP contribution is 2.28. The molecule has 0 aliphatic heterocycles. The standard InChI is InChI=1S/C25H36N8O2S/c1-25(2,3)35-24(34)30-15-18(13-26)33(5)17-12-20-19(29-14-17)10-11-21(31-20)32-23(28-4)36-22(27)16-8-6-7-9-16/h10-16,23,26-28H,6-9H2,1-5H3,(H,30,34)(H,31,32)/p+3/b18-15+,26-13?,27-22?. The van der Waals surface area contributed by atoms with Crippen LogP contribution >= 0.6 is 11.8 Å². The number of carbonyl (C=O) groups is 1. The molecule has 10 nitrogen and oxygen atoms in total. The smallest absolute Gasteiger partial charge is 0.414 e. The minimum Gasteiger partial charge on any atom is -0.414 e. The van der Waals surface area contributed by atoms with E-state index in [1.54, 1.807) is 29.1 Å². The van der Waals surface area contributed by atoms with Gasteiger partial charge in [0.05, 0.1) is 28.8 Å². The molecule has 0 aromatic carbocycles. The van der Waals surface area contributed by atoms with Gasteiger partial charge in [0.1, 0.15) is 17.5 Å². The maximum Gasteiger partial charge on any atom is 0.517 e. The predicted molar refractivity (Wildman–Crippen MR) is 144 cm³/mol. The number of nitrogens with one attached hydrogen (secondary N) is 2. The van der Waals surface area contributed by atoms with Gasteiger partial charge in [-0.15, -0.1) is 0 Å². The topological polar surface area (TPSA) is 150 Å². The quantitative estimate of drug-likeness (QED) is 0.189. The molecule has 36 heavy (non-hydrogen) atoms. The molecule has 1 unspecified atom stereocenters. The number of nitrogens with zero attached hydrogens (tertiary/aromatic N) is 3. The van der Waals surface area contributed by atoms with E-state index in [4.69, 9.17) is 20.5 Å². The molecule has 1 aliphatic carbocycles. The lowest BCUT2D eigenvalue weighted by Gasteiger charge is -2.19. The number of rotatable bonds is 9. The summed E-state index contributed by atoms with van der Waals surface area (Å²) in [6.07, 6.45) is 8.86. The van der Waals surface area contributed by atoms with E-state index in [-0.39, 0.29) is 5.50 Å². The molecule has 11 heteroatoms. The van der Waals surface area contributed by atoms with Crippen LogP contribution in [0.1, 0.15) is 46.5 Å². The summed E-state index contributed by atoms with van der Waals surface area (Å²) in [5.74, 6) is 1.33. The van der Waals surface area contributed by atoms with Crippen LogP contribution in [0.4, 0.5) is 16.3 Å². The fourth-order valence-electron chi connectivity index (χ4n) is 3.97. The first kappa shape index (κ1) is 27.7. The normalized spacial score (nSPS) is 15.6. The van der Waals surface area contributed by atoms with Crippen molar-refractivity contribution >= 4 is 51.7 Å². The molecule has 194 valence electrons. The molecule has 1 fully saturated rings. The molecule has 2 aromatic rings. The molecule has 1 aliphatic rings. The van der Waals surface area contributed by atoms with Gasteiger partial charge in [-0.1, -0.05) is 12.8 Å². The zero-order valence-corrected chi connectivity index (χ0v) is 22.6. The van der Waals surface area contributed by atoms with Crippen LogP contribution in [-0.4, -0.2) is 52.5 Å². The minimum absolute atomic E-state index is 0.0187. The Labute approximate surface area is 216 Å². The van der Waals surface area contributed by atoms with Crippen molar-refractivity contribution in [1.29, 1.82) is 5.41 Å². The summed E-state index contributed by atoms with van der Waals surface area (Å²) >= 11 is 1.66. The van der Waals surface area contributed by atoms with Crippen LogP contribution in [0.3, 0.4) is 0 Å². The Bertz CT molecular complexity index is 1120. The summed E-state index contributed by atoms with van der Waals surface area (Å²) in [5.41, 5.74) is 2.21. The Morgan fingerprint density at radius 2 is 2.06 bits per heavy atom. The van der Waals surface area contributed by atoms with Crippen LogP contribution in [0.2, 0.25) is 0 Å². The monoisotopic (exact) mass is 515 g/mol. The third kappa shape index (κ3) is 7.82. The van der Waals surface area contributed by atoms with Crippen LogP contribution in [0.15, 0.2) is 36.3 Å². The average Bonchev–Trinajstić information content (AvgIpc) is 3.37. The molecule has 8 N–H and O–H groups in total. The number of thioether (sulfide) groups is 1. The number of ether oxygens (including phenoxy) is 1. The largest absolute Gasteiger partial charge is 0.517 e. The Hall–Kier alpha value is -2.86. The summed E-state index contributed by atoms with van der Waals surface area (Å²) in [6.45, 7) is 5.43. The van der Waals surface area contributed by atoms with Crippen LogP contribution in [-0.2, 0) is 4.74 Å². The van der Waals surface area contributed by atoms with E-state index in [0.717, 1.165) is 27.6 Å². The average molecular weight is 516 g/mol. The van der Waals surface area contributed by atoms with Crippen LogP contribution in [0.5, 0.6) is 0 Å². The lowest BCUT2D eigenvalue weighted by Crippen LogP contribution is -2.87. The van der Waals surface area contributed by atoms with Crippen molar-refractivity contribution in [2.45, 2.75) is 57.6 Å². The zero-order chi connectivity index (χ0) is 26.3. The van der Waals surface area contributed by atoms with E-state index in [0.29, 0.717) is 11.6 Å². The highest BCUT2D eigenvalue weighted by molar-refractivity contribution is 8.13. The molecule has 0 spiro atoms. The van der Waals surface area contributed by atoms with Gasteiger partial charge in [0.25, 0.3) is 0 Å². The molecule has 2 aromatic heterocycles. The van der Waals surface area contributed by atoms with Gasteiger partial charge in [-0.2, -0.15) is 9.78 Å². The molecule has 0 saturated heterocycles. The summed E-state index contributed by atoms with van der Waals surface area (Å²) in [6, 6.07) is 5.82. The number of pyridine rings is 2. The Balaban J connectivity index is 1.73. The Morgan fingerprint density at radius 3 is 2.69 bits per heavy atom. The van der Waals surface area contributed by atoms with Gasteiger partial charge in [0.2, 0.25) is 16.4 Å². The molecule has 0 bridgehead atoms. The maximum absolute atomic E-state index is 12.0. The van der Waals surface area contributed by atoms with Crippen molar-refractivity contribution < 1.29 is 25.6 Å². The third-order valence-corrected chi connectivity index (χ3v) is 7.12. The summed E-state index contributed by atoms with van der Waals surface area (Å²) in [7, 11) is 3.74. The van der Waals surface area contributed by atoms with Gasteiger partial charge in [-0.3, -0.25) is 21.0 Å². The van der Waals surface area contributed by atoms with Gasteiger partial charge in [0, 0.05) is 31.1 Å². The summed E-state index contributed by atoms with van der Waals surface area (Å²) in [4.78, 5) is 23.2. The van der Waals surface area contributed by atoms with Crippen LogP contribution in [0.25, 0.3) is 11.0 Å². The van der Waals surface area contributed by atoms with Crippen molar-refractivity contribution in [3.8, 4) is 0 Å². The number of fused-ring (bicyclic) bond motifs is 1. The number of hydrogen-bond donors (Lipinski definition) is 5. The molecular weight excluding hydrogens is 476 g/mol. The van der Waals surface area contributed by atoms with Crippen molar-refractivity contribution in [3.63, 3.8) is 0 Å². The van der Waals surface area contributed by atoms with E-state index in [2.05, 4.69) is 15.6 Å². The minimum atomic E-state index is -0.577. The fourth-order valence-corrected chi connectivity index (χ4v) is 5.01. The number of primary amides is 1. The number of quaternary nitrogens is 2. The highest BCUT2D eigenvalue weighted by Gasteiger charge is 2.28. The first-order valence-corrected chi connectivity index (χ1v) is 13.1. The van der Waals surface area contributed by atoms with Gasteiger partial charge in [0.15, 0.2) is 0 Å². The van der Waals surface area contributed by atoms with Crippen LogP contribution < -0.4 is 26.3 Å². The number of allylic oxidation sites excluding steroid dienone is 1. The number of hydrogen-bond acceptors (Lipinski definition) is 8. The number of carbonyl (C=O) groups excluding carboxylic acids is 1. The Kier molecular flexibility index (Phi) is 9.55. The molecule has 2 heterocycles. The molecule has 0 radical (unpaired) electrons. The summed E-state index contributed by atoms with van der Waals surface area (Å²) < 4.78 is 5.31. The van der Waals surface area contributed by atoms with Gasteiger partial charge >= 0.3 is 6.09 Å². The van der Waals surface area contributed by atoms with Crippen molar-refractivity contribution in [3.05, 3.63) is 36.3 Å². The van der Waals surface area contributed by atoms with E-state index in [1.165, 1.54) is 37.2 Å². The zero-order valence-electron chi connectivity index (χ0n) is 21.7. The maximum atomic E-state index is 12.0. The Morgan fingerprint density at radius 1 is 1.33 bits per heavy atom. The SMILES string of the molecule is CNC([NH2+]c1ccc2ncc(N(C)/C(C=N)=C/[NH2+]C(=O)OC(C)(C)C)cc2n1)SC(=[NH2+])C1CCCC1. The number of nitrogens with two attached hydrogens (primary N) is 3. The predicted octanol–water partition coefficient (Wildman–Crippen LogP) is 0.834. The molecule has 1 amide bonds. The van der Waals surface area contributed by atoms with Crippen molar-refractivity contribution in [2.75, 3.05) is 19.0 Å². The number of aromatic nitrogens is 2. The highest BCUT2D eigenvalue weighted by atomic mass is 32.2. The lowest BCUT2D eigenvalue weighted by molar-refractivity contribution is -0.594. The lowest BCUT2D eigenvalue weighted by atomic mass is 10.1. The first-order chi connectivity index (χ1) is 17.1. The second-order valence-electron chi connectivity index (χ2n) is 9.84. The van der Waals surface area contributed by atoms with E-state index in [9.17, 15) is 4.79 Å². The molecule has 3 rings (SSSR count). The van der Waals surface area contributed by atoms with E-state index in [1.807, 2.05) is 53.1 Å². The van der Waals surface area contributed by atoms with Gasteiger partial charge < -0.3 is 15.0 Å². The van der Waals surface area contributed by atoms with Gasteiger partial charge in [-0.05, 0) is 52.8 Å². The van der Waals surface area contributed by atoms with E-state index < -0.39 is 11.7 Å². The van der Waals surface area contributed by atoms with Crippen molar-refractivity contribution in [2.24, 2.45) is 5.92 Å². The molecule has 1 atom stereocenters. The first-order valence-electron chi connectivity index (χ1n) is 12.2. The van der Waals surface area contributed by atoms with Crippen LogP contribution in [0, 0.1) is 11.3 Å².